The van der Waals surface area contributed by atoms with Crippen molar-refractivity contribution in [1.82, 2.24) is 15.2 Å². The number of carbonyl (C=O) groups is 2. The summed E-state index contributed by atoms with van der Waals surface area (Å²) in [5, 5.41) is 2.84. The number of rotatable bonds is 9. The first-order valence-electron chi connectivity index (χ1n) is 13.1. The predicted octanol–water partition coefficient (Wildman–Crippen LogP) is 4.01. The highest BCUT2D eigenvalue weighted by molar-refractivity contribution is 6.07. The van der Waals surface area contributed by atoms with Crippen LogP contribution < -0.4 is 19.9 Å². The molecule has 0 spiro atoms. The van der Waals surface area contributed by atoms with Crippen LogP contribution in [0.1, 0.15) is 39.1 Å². The summed E-state index contributed by atoms with van der Waals surface area (Å²) in [5.74, 6) is -0.757. The number of likely N-dealkylation sites (tertiary alicyclic amines) is 1. The van der Waals surface area contributed by atoms with Gasteiger partial charge in [-0.15, -0.1) is 0 Å². The van der Waals surface area contributed by atoms with Crippen molar-refractivity contribution >= 4 is 23.2 Å². The molecule has 0 atom stereocenters. The number of amides is 2. The van der Waals surface area contributed by atoms with E-state index in [1.807, 2.05) is 74.4 Å². The molecule has 0 unspecified atom stereocenters. The zero-order valence-corrected chi connectivity index (χ0v) is 23.0. The number of piperidine rings is 1. The molecule has 4 rings (SSSR count). The molecule has 1 aliphatic rings. The lowest BCUT2D eigenvalue weighted by Gasteiger charge is -2.32. The molecule has 206 valence electrons. The first-order valence-corrected chi connectivity index (χ1v) is 13.1. The Kier molecular flexibility index (Phi) is 9.01. The Morgan fingerprint density at radius 1 is 0.949 bits per heavy atom. The number of pyridine rings is 1. The molecular formula is C30H36FN5O3. The van der Waals surface area contributed by atoms with E-state index in [1.165, 1.54) is 12.1 Å². The van der Waals surface area contributed by atoms with E-state index in [-0.39, 0.29) is 23.1 Å². The van der Waals surface area contributed by atoms with Gasteiger partial charge in [-0.25, -0.2) is 9.37 Å². The number of benzene rings is 2. The molecule has 2 heterocycles. The van der Waals surface area contributed by atoms with Gasteiger partial charge >= 0.3 is 0 Å². The number of hydrogen-bond donors (Lipinski definition) is 1. The Labute approximate surface area is 229 Å². The number of nitrogens with zero attached hydrogens (tertiary/aromatic N) is 4. The molecular weight excluding hydrogens is 497 g/mol. The van der Waals surface area contributed by atoms with Gasteiger partial charge in [0.15, 0.2) is 0 Å². The largest absolute Gasteiger partial charge is 0.474 e. The average Bonchev–Trinajstić information content (AvgIpc) is 2.93. The minimum Gasteiger partial charge on any atom is -0.474 e. The van der Waals surface area contributed by atoms with Crippen LogP contribution in [0.3, 0.4) is 0 Å². The van der Waals surface area contributed by atoms with Crippen LogP contribution in [0.2, 0.25) is 0 Å². The van der Waals surface area contributed by atoms with E-state index in [1.54, 1.807) is 11.1 Å². The van der Waals surface area contributed by atoms with Crippen LogP contribution in [0.25, 0.3) is 0 Å². The molecule has 2 aromatic carbocycles. The van der Waals surface area contributed by atoms with E-state index in [9.17, 15) is 14.0 Å². The molecule has 39 heavy (non-hydrogen) atoms. The number of halogens is 1. The van der Waals surface area contributed by atoms with Crippen LogP contribution in [-0.4, -0.2) is 75.6 Å². The summed E-state index contributed by atoms with van der Waals surface area (Å²) in [6, 6.07) is 15.6. The third-order valence-electron chi connectivity index (χ3n) is 6.86. The second-order valence-corrected chi connectivity index (χ2v) is 10.1. The zero-order valence-electron chi connectivity index (χ0n) is 23.0. The molecule has 1 aromatic heterocycles. The Balaban J connectivity index is 1.33. The van der Waals surface area contributed by atoms with Crippen LogP contribution in [0.4, 0.5) is 15.8 Å². The third-order valence-corrected chi connectivity index (χ3v) is 6.86. The molecule has 3 aromatic rings. The van der Waals surface area contributed by atoms with Crippen molar-refractivity contribution < 1.29 is 18.7 Å². The molecule has 1 saturated heterocycles. The maximum atomic E-state index is 14.1. The Hall–Kier alpha value is -4.14. The van der Waals surface area contributed by atoms with Gasteiger partial charge in [0.2, 0.25) is 5.88 Å². The normalized spacial score (nSPS) is 13.6. The Morgan fingerprint density at radius 2 is 1.62 bits per heavy atom. The number of nitrogens with one attached hydrogen (secondary N) is 1. The number of carbonyl (C=O) groups excluding carboxylic acids is 2. The maximum absolute atomic E-state index is 14.1. The maximum Gasteiger partial charge on any atom is 0.254 e. The lowest BCUT2D eigenvalue weighted by atomic mass is 10.0. The first kappa shape index (κ1) is 27.9. The molecule has 0 aliphatic carbocycles. The summed E-state index contributed by atoms with van der Waals surface area (Å²) < 4.78 is 20.1. The number of anilines is 2. The summed E-state index contributed by atoms with van der Waals surface area (Å²) in [4.78, 5) is 36.4. The first-order chi connectivity index (χ1) is 18.7. The van der Waals surface area contributed by atoms with Crippen LogP contribution in [0.5, 0.6) is 5.88 Å². The molecule has 0 radical (unpaired) electrons. The average molecular weight is 534 g/mol. The van der Waals surface area contributed by atoms with Crippen LogP contribution in [-0.2, 0) is 6.42 Å². The van der Waals surface area contributed by atoms with E-state index in [4.69, 9.17) is 4.74 Å². The molecule has 1 N–H and O–H groups in total. The van der Waals surface area contributed by atoms with Gasteiger partial charge in [0.25, 0.3) is 11.8 Å². The molecule has 2 amide bonds. The van der Waals surface area contributed by atoms with Crippen molar-refractivity contribution in [3.8, 4) is 5.88 Å². The lowest BCUT2D eigenvalue weighted by molar-refractivity contribution is 0.0584. The highest BCUT2D eigenvalue weighted by atomic mass is 19.1. The fourth-order valence-electron chi connectivity index (χ4n) is 4.49. The standard InChI is InChI=1S/C30H36FN5O3/c1-34(2)23-8-5-21(6-9-23)13-16-32-29(37)27-19-22(31)7-11-26(27)30(38)36-17-14-25(15-18-36)39-28-12-10-24(20-33-28)35(3)4/h5-12,19-20,25H,13-18H2,1-4H3,(H,32,37). The monoisotopic (exact) mass is 533 g/mol. The van der Waals surface area contributed by atoms with Gasteiger partial charge in [-0.3, -0.25) is 9.59 Å². The zero-order chi connectivity index (χ0) is 27.9. The van der Waals surface area contributed by atoms with Gasteiger partial charge in [-0.2, -0.15) is 0 Å². The second-order valence-electron chi connectivity index (χ2n) is 10.1. The Bertz CT molecular complexity index is 1270. The van der Waals surface area contributed by atoms with E-state index < -0.39 is 11.7 Å². The minimum absolute atomic E-state index is 0.0477. The Morgan fingerprint density at radius 3 is 2.23 bits per heavy atom. The van der Waals surface area contributed by atoms with Crippen molar-refractivity contribution in [3.05, 3.63) is 83.3 Å². The van der Waals surface area contributed by atoms with Gasteiger partial charge in [0.1, 0.15) is 11.9 Å². The molecule has 0 saturated carbocycles. The third kappa shape index (κ3) is 7.25. The van der Waals surface area contributed by atoms with E-state index in [0.29, 0.717) is 44.8 Å². The summed E-state index contributed by atoms with van der Waals surface area (Å²) in [6.45, 7) is 1.32. The van der Waals surface area contributed by atoms with Crippen molar-refractivity contribution in [2.75, 3.05) is 57.6 Å². The SMILES string of the molecule is CN(C)c1ccc(CCNC(=O)c2cc(F)ccc2C(=O)N2CCC(Oc3ccc(N(C)C)cn3)CC2)cc1. The molecule has 0 bridgehead atoms. The van der Waals surface area contributed by atoms with Gasteiger partial charge in [0.05, 0.1) is 23.0 Å². The fraction of sp³-hybridized carbons (Fsp3) is 0.367. The van der Waals surface area contributed by atoms with Gasteiger partial charge in [-0.05, 0) is 48.4 Å². The van der Waals surface area contributed by atoms with Gasteiger partial charge in [-0.1, -0.05) is 12.1 Å². The topological polar surface area (TPSA) is 78.0 Å². The highest BCUT2D eigenvalue weighted by Crippen LogP contribution is 2.22. The van der Waals surface area contributed by atoms with E-state index in [2.05, 4.69) is 10.3 Å². The van der Waals surface area contributed by atoms with Crippen molar-refractivity contribution in [1.29, 1.82) is 0 Å². The van der Waals surface area contributed by atoms with Crippen LogP contribution >= 0.6 is 0 Å². The van der Waals surface area contributed by atoms with Gasteiger partial charge in [0, 0.05) is 72.4 Å². The molecule has 8 nitrogen and oxygen atoms in total. The smallest absolute Gasteiger partial charge is 0.254 e. The van der Waals surface area contributed by atoms with Gasteiger partial charge < -0.3 is 24.8 Å². The highest BCUT2D eigenvalue weighted by Gasteiger charge is 2.28. The summed E-state index contributed by atoms with van der Waals surface area (Å²) >= 11 is 0. The summed E-state index contributed by atoms with van der Waals surface area (Å²) in [5.41, 5.74) is 3.40. The number of aromatic nitrogens is 1. The summed E-state index contributed by atoms with van der Waals surface area (Å²) in [6.07, 6.45) is 3.60. The van der Waals surface area contributed by atoms with Crippen molar-refractivity contribution in [2.45, 2.75) is 25.4 Å². The second kappa shape index (κ2) is 12.6. The number of hydrogen-bond acceptors (Lipinski definition) is 6. The fourth-order valence-corrected chi connectivity index (χ4v) is 4.49. The predicted molar refractivity (Wildman–Crippen MR) is 151 cm³/mol. The minimum atomic E-state index is -0.559. The molecule has 9 heteroatoms. The lowest BCUT2D eigenvalue weighted by Crippen LogP contribution is -2.42. The quantitative estimate of drug-likeness (QED) is 0.448. The van der Waals surface area contributed by atoms with E-state index in [0.717, 1.165) is 23.0 Å². The molecule has 1 fully saturated rings. The molecule has 1 aliphatic heterocycles. The van der Waals surface area contributed by atoms with Crippen LogP contribution in [0.15, 0.2) is 60.8 Å². The van der Waals surface area contributed by atoms with Crippen molar-refractivity contribution in [3.63, 3.8) is 0 Å². The van der Waals surface area contributed by atoms with E-state index >= 15 is 0 Å². The number of ether oxygens (including phenoxy) is 1. The van der Waals surface area contributed by atoms with Crippen LogP contribution in [0, 0.1) is 5.82 Å². The van der Waals surface area contributed by atoms with Crippen molar-refractivity contribution in [2.24, 2.45) is 0 Å². The summed E-state index contributed by atoms with van der Waals surface area (Å²) in [7, 11) is 7.86.